The van der Waals surface area contributed by atoms with Gasteiger partial charge in [0.1, 0.15) is 11.7 Å². The quantitative estimate of drug-likeness (QED) is 0.364. The van der Waals surface area contributed by atoms with E-state index in [-0.39, 0.29) is 11.8 Å². The summed E-state index contributed by atoms with van der Waals surface area (Å²) in [7, 11) is 0. The summed E-state index contributed by atoms with van der Waals surface area (Å²) >= 11 is 5.91. The Kier molecular flexibility index (Phi) is 5.91. The van der Waals surface area contributed by atoms with Gasteiger partial charge in [0.25, 0.3) is 11.7 Å². The van der Waals surface area contributed by atoms with Gasteiger partial charge in [0.05, 0.1) is 17.4 Å². The first kappa shape index (κ1) is 24.5. The summed E-state index contributed by atoms with van der Waals surface area (Å²) in [4.78, 5) is 38.7. The van der Waals surface area contributed by atoms with Crippen molar-refractivity contribution in [2.24, 2.45) is 5.92 Å². The number of aryl methyl sites for hydroxylation is 1. The number of aromatic nitrogens is 3. The molecule has 0 N–H and O–H groups in total. The van der Waals surface area contributed by atoms with Gasteiger partial charge in [-0.05, 0) is 87.0 Å². The van der Waals surface area contributed by atoms with E-state index in [4.69, 9.17) is 18.8 Å². The minimum atomic E-state index is -0.683. The standard InChI is InChI=1S/C28H29N7O2S/c1-18-13-23(16-30-25(18)29-3)34-26(37)28(9-4-10-28)35(27(34)38)22-5-6-24-21(14-22)15-31-33(24)17-20-7-11-32(12-8-20)19(2)36/h5-6,13-16,20H,4,7-12,17H2,1-2H3. The lowest BCUT2D eigenvalue weighted by Crippen LogP contribution is -2.55. The summed E-state index contributed by atoms with van der Waals surface area (Å²) < 4.78 is 2.05. The van der Waals surface area contributed by atoms with E-state index in [1.807, 2.05) is 35.1 Å². The van der Waals surface area contributed by atoms with Crippen LogP contribution in [0.5, 0.6) is 0 Å². The van der Waals surface area contributed by atoms with Crippen molar-refractivity contribution in [3.8, 4) is 0 Å². The Bertz CT molecular complexity index is 1510. The highest BCUT2D eigenvalue weighted by atomic mass is 32.1. The summed E-state index contributed by atoms with van der Waals surface area (Å²) in [6, 6.07) is 7.99. The van der Waals surface area contributed by atoms with Crippen molar-refractivity contribution < 1.29 is 9.59 Å². The zero-order chi connectivity index (χ0) is 26.6. The number of piperidine rings is 1. The van der Waals surface area contributed by atoms with Crippen LogP contribution in [0.4, 0.5) is 17.2 Å². The van der Waals surface area contributed by atoms with Gasteiger partial charge in [-0.2, -0.15) is 5.10 Å². The van der Waals surface area contributed by atoms with Gasteiger partial charge < -0.3 is 14.6 Å². The van der Waals surface area contributed by atoms with E-state index in [1.165, 1.54) is 0 Å². The van der Waals surface area contributed by atoms with Gasteiger partial charge >= 0.3 is 0 Å². The molecule has 3 aromatic rings. The SMILES string of the molecule is [C-]#[N+]c1ncc(N2C(=O)C3(CCC3)N(c3ccc4c(cnn4CC4CCN(C(C)=O)CC4)c3)C2=S)cc1C. The van der Waals surface area contributed by atoms with Crippen LogP contribution >= 0.6 is 12.2 Å². The van der Waals surface area contributed by atoms with Crippen LogP contribution < -0.4 is 9.80 Å². The molecule has 3 aliphatic rings. The number of rotatable bonds is 4. The average molecular weight is 528 g/mol. The van der Waals surface area contributed by atoms with E-state index in [0.29, 0.717) is 22.5 Å². The second-order valence-electron chi connectivity index (χ2n) is 10.6. The van der Waals surface area contributed by atoms with Crippen molar-refractivity contribution in [1.82, 2.24) is 19.7 Å². The maximum atomic E-state index is 13.8. The number of nitrogens with zero attached hydrogens (tertiary/aromatic N) is 7. The Morgan fingerprint density at radius 2 is 1.95 bits per heavy atom. The van der Waals surface area contributed by atoms with Crippen LogP contribution in [0.3, 0.4) is 0 Å². The number of thiocarbonyl (C=S) groups is 1. The molecule has 1 aliphatic carbocycles. The first-order valence-electron chi connectivity index (χ1n) is 13.1. The first-order chi connectivity index (χ1) is 18.3. The van der Waals surface area contributed by atoms with E-state index in [9.17, 15) is 9.59 Å². The Morgan fingerprint density at radius 1 is 1.18 bits per heavy atom. The maximum Gasteiger partial charge on any atom is 0.272 e. The Hall–Kier alpha value is -3.84. The van der Waals surface area contributed by atoms with Gasteiger partial charge in [0, 0.05) is 37.6 Å². The number of benzene rings is 1. The molecule has 194 valence electrons. The summed E-state index contributed by atoms with van der Waals surface area (Å²) in [5.41, 5.74) is 2.57. The third-order valence-corrected chi connectivity index (χ3v) is 8.73. The second-order valence-corrected chi connectivity index (χ2v) is 11.0. The van der Waals surface area contributed by atoms with E-state index in [0.717, 1.165) is 73.9 Å². The molecule has 10 heteroatoms. The lowest BCUT2D eigenvalue weighted by Gasteiger charge is -2.43. The van der Waals surface area contributed by atoms with Crippen molar-refractivity contribution >= 4 is 57.2 Å². The number of anilines is 2. The summed E-state index contributed by atoms with van der Waals surface area (Å²) in [6.45, 7) is 13.2. The van der Waals surface area contributed by atoms with Gasteiger partial charge in [-0.1, -0.05) is 6.57 Å². The Balaban J connectivity index is 1.28. The number of hydrogen-bond donors (Lipinski definition) is 0. The van der Waals surface area contributed by atoms with Crippen molar-refractivity contribution in [2.45, 2.75) is 58.0 Å². The molecule has 0 atom stereocenters. The highest BCUT2D eigenvalue weighted by Crippen LogP contribution is 2.48. The molecule has 38 heavy (non-hydrogen) atoms. The highest BCUT2D eigenvalue weighted by molar-refractivity contribution is 7.81. The minimum absolute atomic E-state index is 0.0294. The molecule has 2 aliphatic heterocycles. The van der Waals surface area contributed by atoms with E-state index in [2.05, 4.69) is 31.7 Å². The number of pyridine rings is 1. The number of carbonyl (C=O) groups is 2. The molecule has 0 bridgehead atoms. The zero-order valence-electron chi connectivity index (χ0n) is 21.6. The molecular weight excluding hydrogens is 498 g/mol. The maximum absolute atomic E-state index is 13.8. The van der Waals surface area contributed by atoms with Crippen molar-refractivity contribution in [1.29, 1.82) is 0 Å². The van der Waals surface area contributed by atoms with Gasteiger partial charge in [0.2, 0.25) is 5.91 Å². The topological polar surface area (TPSA) is 78.9 Å². The van der Waals surface area contributed by atoms with Crippen molar-refractivity contribution in [3.05, 3.63) is 53.6 Å². The van der Waals surface area contributed by atoms with Crippen LogP contribution in [-0.4, -0.2) is 55.2 Å². The molecule has 9 nitrogen and oxygen atoms in total. The number of likely N-dealkylation sites (tertiary alicyclic amines) is 1. The van der Waals surface area contributed by atoms with Crippen LogP contribution in [0, 0.1) is 19.4 Å². The molecule has 4 heterocycles. The second kappa shape index (κ2) is 9.17. The summed E-state index contributed by atoms with van der Waals surface area (Å²) in [5, 5.41) is 6.12. The molecule has 1 aromatic carbocycles. The highest BCUT2D eigenvalue weighted by Gasteiger charge is 2.59. The first-order valence-corrected chi connectivity index (χ1v) is 13.5. The third kappa shape index (κ3) is 3.76. The molecule has 2 amide bonds. The lowest BCUT2D eigenvalue weighted by molar-refractivity contribution is -0.130. The van der Waals surface area contributed by atoms with Crippen LogP contribution in [0.15, 0.2) is 36.7 Å². The Labute approximate surface area is 226 Å². The predicted molar refractivity (Wildman–Crippen MR) is 149 cm³/mol. The lowest BCUT2D eigenvalue weighted by atomic mass is 9.75. The molecule has 2 aromatic heterocycles. The number of amides is 2. The largest absolute Gasteiger partial charge is 0.360 e. The average Bonchev–Trinajstić information content (AvgIpc) is 3.38. The smallest absolute Gasteiger partial charge is 0.272 e. The molecular formula is C28H29N7O2S. The molecule has 1 spiro atoms. The minimum Gasteiger partial charge on any atom is -0.360 e. The molecule has 6 rings (SSSR count). The molecule has 0 unspecified atom stereocenters. The third-order valence-electron chi connectivity index (χ3n) is 8.37. The van der Waals surface area contributed by atoms with Crippen LogP contribution in [0.1, 0.15) is 44.6 Å². The number of hydrogen-bond acceptors (Lipinski definition) is 5. The fourth-order valence-electron chi connectivity index (χ4n) is 6.03. The molecule has 3 fully saturated rings. The fourth-order valence-corrected chi connectivity index (χ4v) is 6.50. The van der Waals surface area contributed by atoms with Gasteiger partial charge in [0.15, 0.2) is 5.11 Å². The number of fused-ring (bicyclic) bond motifs is 1. The van der Waals surface area contributed by atoms with Gasteiger partial charge in [-0.15, -0.1) is 4.98 Å². The predicted octanol–water partition coefficient (Wildman–Crippen LogP) is 4.61. The van der Waals surface area contributed by atoms with Crippen LogP contribution in [-0.2, 0) is 16.1 Å². The van der Waals surface area contributed by atoms with Gasteiger partial charge in [-0.3, -0.25) is 19.2 Å². The summed E-state index contributed by atoms with van der Waals surface area (Å²) in [5.74, 6) is 0.926. The van der Waals surface area contributed by atoms with Gasteiger partial charge in [-0.25, -0.2) is 0 Å². The van der Waals surface area contributed by atoms with Crippen LogP contribution in [0.2, 0.25) is 0 Å². The number of carbonyl (C=O) groups excluding carboxylic acids is 2. The summed E-state index contributed by atoms with van der Waals surface area (Å²) in [6.07, 6.45) is 7.85. The Morgan fingerprint density at radius 3 is 2.58 bits per heavy atom. The normalized spacial score (nSPS) is 19.3. The monoisotopic (exact) mass is 527 g/mol. The van der Waals surface area contributed by atoms with E-state index >= 15 is 0 Å². The van der Waals surface area contributed by atoms with Crippen LogP contribution in [0.25, 0.3) is 15.7 Å². The van der Waals surface area contributed by atoms with E-state index < -0.39 is 5.54 Å². The van der Waals surface area contributed by atoms with Crippen molar-refractivity contribution in [2.75, 3.05) is 22.9 Å². The molecule has 1 saturated carbocycles. The molecule has 0 radical (unpaired) electrons. The van der Waals surface area contributed by atoms with E-state index in [1.54, 1.807) is 18.0 Å². The van der Waals surface area contributed by atoms with Crippen molar-refractivity contribution in [3.63, 3.8) is 0 Å². The molecule has 2 saturated heterocycles. The zero-order valence-corrected chi connectivity index (χ0v) is 22.4. The fraction of sp³-hybridized carbons (Fsp3) is 0.429.